The molecule has 1 rings (SSSR count). The first-order chi connectivity index (χ1) is 8.61. The van der Waals surface area contributed by atoms with E-state index in [1.807, 2.05) is 40.7 Å². The number of ether oxygens (including phenoxy) is 1. The molecule has 0 amide bonds. The lowest BCUT2D eigenvalue weighted by molar-refractivity contribution is -0.159. The molecule has 0 aliphatic carbocycles. The second-order valence-corrected chi connectivity index (χ2v) is 6.29. The maximum Gasteiger partial charge on any atom is 0.309 e. The number of hydrogen-bond donors (Lipinski definition) is 1. The van der Waals surface area contributed by atoms with Crippen LogP contribution in [-0.4, -0.2) is 11.6 Å². The van der Waals surface area contributed by atoms with Crippen molar-refractivity contribution in [2.75, 3.05) is 5.73 Å². The fourth-order valence-electron chi connectivity index (χ4n) is 1.78. The summed E-state index contributed by atoms with van der Waals surface area (Å²) < 4.78 is 5.37. The van der Waals surface area contributed by atoms with Gasteiger partial charge in [-0.15, -0.1) is 0 Å². The van der Waals surface area contributed by atoms with Gasteiger partial charge in [0.1, 0.15) is 5.60 Å². The molecule has 1 aromatic carbocycles. The van der Waals surface area contributed by atoms with Gasteiger partial charge in [0.15, 0.2) is 0 Å². The number of nitrogen functional groups attached to an aromatic ring is 1. The van der Waals surface area contributed by atoms with Crippen LogP contribution in [0, 0.1) is 12.8 Å². The first-order valence-corrected chi connectivity index (χ1v) is 6.76. The molecule has 106 valence electrons. The molecule has 19 heavy (non-hydrogen) atoms. The molecule has 0 fully saturated rings. The van der Waals surface area contributed by atoms with Crippen molar-refractivity contribution in [1.82, 2.24) is 0 Å². The molecule has 3 nitrogen and oxygen atoms in total. The zero-order chi connectivity index (χ0) is 14.8. The number of carbonyl (C=O) groups excluding carboxylic acids is 1. The van der Waals surface area contributed by atoms with Crippen molar-refractivity contribution >= 4 is 23.3 Å². The quantitative estimate of drug-likeness (QED) is 0.679. The highest BCUT2D eigenvalue weighted by atomic mass is 35.5. The monoisotopic (exact) mass is 283 g/mol. The zero-order valence-electron chi connectivity index (χ0n) is 12.2. The van der Waals surface area contributed by atoms with Gasteiger partial charge in [0.25, 0.3) is 0 Å². The van der Waals surface area contributed by atoms with Crippen molar-refractivity contribution in [3.05, 3.63) is 28.3 Å². The van der Waals surface area contributed by atoms with E-state index in [0.717, 1.165) is 11.1 Å². The summed E-state index contributed by atoms with van der Waals surface area (Å²) in [5.74, 6) is -0.404. The zero-order valence-corrected chi connectivity index (χ0v) is 13.0. The van der Waals surface area contributed by atoms with Crippen molar-refractivity contribution in [2.24, 2.45) is 5.92 Å². The number of rotatable bonds is 3. The van der Waals surface area contributed by atoms with E-state index in [0.29, 0.717) is 17.1 Å². The van der Waals surface area contributed by atoms with Crippen LogP contribution in [0.2, 0.25) is 5.02 Å². The average Bonchev–Trinajstić information content (AvgIpc) is 2.27. The molecule has 1 aromatic rings. The van der Waals surface area contributed by atoms with E-state index in [4.69, 9.17) is 22.1 Å². The fourth-order valence-corrected chi connectivity index (χ4v) is 1.98. The Morgan fingerprint density at radius 2 is 2.00 bits per heavy atom. The largest absolute Gasteiger partial charge is 0.460 e. The lowest BCUT2D eigenvalue weighted by atomic mass is 9.96. The summed E-state index contributed by atoms with van der Waals surface area (Å²) in [5, 5.41) is 0.547. The Balaban J connectivity index is 2.80. The fraction of sp³-hybridized carbons (Fsp3) is 0.533. The van der Waals surface area contributed by atoms with Crippen LogP contribution in [0.3, 0.4) is 0 Å². The molecular formula is C15H22ClNO2. The number of anilines is 1. The van der Waals surface area contributed by atoms with Crippen molar-refractivity contribution in [3.63, 3.8) is 0 Å². The molecule has 4 heteroatoms. The van der Waals surface area contributed by atoms with Gasteiger partial charge in [0, 0.05) is 0 Å². The number of hydrogen-bond acceptors (Lipinski definition) is 3. The van der Waals surface area contributed by atoms with Crippen LogP contribution in [-0.2, 0) is 16.0 Å². The van der Waals surface area contributed by atoms with Crippen LogP contribution >= 0.6 is 11.6 Å². The van der Waals surface area contributed by atoms with Crippen LogP contribution in [0.15, 0.2) is 12.1 Å². The second-order valence-electron chi connectivity index (χ2n) is 5.88. The second kappa shape index (κ2) is 5.83. The number of carbonyl (C=O) groups is 1. The van der Waals surface area contributed by atoms with Gasteiger partial charge in [-0.1, -0.05) is 24.6 Å². The Morgan fingerprint density at radius 1 is 1.42 bits per heavy atom. The van der Waals surface area contributed by atoms with Crippen molar-refractivity contribution in [2.45, 2.75) is 46.6 Å². The molecule has 0 aliphatic heterocycles. The van der Waals surface area contributed by atoms with Crippen LogP contribution in [0.5, 0.6) is 0 Å². The van der Waals surface area contributed by atoms with Crippen molar-refractivity contribution in [1.29, 1.82) is 0 Å². The van der Waals surface area contributed by atoms with Crippen LogP contribution < -0.4 is 5.73 Å². The Hall–Kier alpha value is -1.22. The molecule has 2 N–H and O–H groups in total. The van der Waals surface area contributed by atoms with Gasteiger partial charge in [0.05, 0.1) is 16.6 Å². The maximum absolute atomic E-state index is 11.9. The van der Waals surface area contributed by atoms with Gasteiger partial charge in [0.2, 0.25) is 0 Å². The SMILES string of the molecule is Cc1c(C[C@H](C)C(=O)OC(C)(C)C)ccc(Cl)c1N. The van der Waals surface area contributed by atoms with E-state index in [-0.39, 0.29) is 11.9 Å². The van der Waals surface area contributed by atoms with Crippen molar-refractivity contribution < 1.29 is 9.53 Å². The Labute approximate surface area is 120 Å². The molecule has 1 atom stereocenters. The minimum atomic E-state index is -0.459. The molecule has 0 unspecified atom stereocenters. The van der Waals surface area contributed by atoms with E-state index in [9.17, 15) is 4.79 Å². The summed E-state index contributed by atoms with van der Waals surface area (Å²) in [4.78, 5) is 11.9. The van der Waals surface area contributed by atoms with Crippen molar-refractivity contribution in [3.8, 4) is 0 Å². The smallest absolute Gasteiger partial charge is 0.309 e. The topological polar surface area (TPSA) is 52.3 Å². The Kier molecular flexibility index (Phi) is 4.86. The third-order valence-electron chi connectivity index (χ3n) is 2.91. The van der Waals surface area contributed by atoms with Gasteiger partial charge in [-0.25, -0.2) is 0 Å². The van der Waals surface area contributed by atoms with Gasteiger partial charge < -0.3 is 10.5 Å². The van der Waals surface area contributed by atoms with Gasteiger partial charge in [-0.2, -0.15) is 0 Å². The molecule has 0 spiro atoms. The summed E-state index contributed by atoms with van der Waals surface area (Å²) in [6.45, 7) is 9.37. The van der Waals surface area contributed by atoms with Crippen LogP contribution in [0.4, 0.5) is 5.69 Å². The molecule has 0 heterocycles. The third-order valence-corrected chi connectivity index (χ3v) is 3.24. The van der Waals surface area contributed by atoms with Gasteiger partial charge in [-0.05, 0) is 51.3 Å². The number of benzene rings is 1. The standard InChI is InChI=1S/C15H22ClNO2/c1-9(14(18)19-15(3,4)5)8-11-6-7-12(16)13(17)10(11)2/h6-7,9H,8,17H2,1-5H3/t9-/m0/s1. The minimum absolute atomic E-state index is 0.194. The number of nitrogens with two attached hydrogens (primary N) is 1. The Bertz CT molecular complexity index is 478. The van der Waals surface area contributed by atoms with Crippen LogP contribution in [0.25, 0.3) is 0 Å². The number of esters is 1. The predicted octanol–water partition coefficient (Wildman–Crippen LogP) is 3.75. The first kappa shape index (κ1) is 15.8. The summed E-state index contributed by atoms with van der Waals surface area (Å²) in [7, 11) is 0. The molecule has 0 bridgehead atoms. The molecule has 0 saturated heterocycles. The summed E-state index contributed by atoms with van der Waals surface area (Å²) in [6.07, 6.45) is 0.599. The predicted molar refractivity (Wildman–Crippen MR) is 79.3 cm³/mol. The van der Waals surface area contributed by atoms with E-state index < -0.39 is 5.60 Å². The molecule has 0 aromatic heterocycles. The Morgan fingerprint density at radius 3 is 2.53 bits per heavy atom. The van der Waals surface area contributed by atoms with Crippen LogP contribution in [0.1, 0.15) is 38.8 Å². The molecule has 0 aliphatic rings. The lowest BCUT2D eigenvalue weighted by Crippen LogP contribution is -2.28. The van der Waals surface area contributed by atoms with E-state index in [2.05, 4.69) is 0 Å². The highest BCUT2D eigenvalue weighted by Gasteiger charge is 2.22. The number of halogens is 1. The van der Waals surface area contributed by atoms with E-state index >= 15 is 0 Å². The minimum Gasteiger partial charge on any atom is -0.460 e. The molecular weight excluding hydrogens is 262 g/mol. The molecule has 0 saturated carbocycles. The normalized spacial score (nSPS) is 13.2. The summed E-state index contributed by atoms with van der Waals surface area (Å²) in [5.41, 5.74) is 7.97. The average molecular weight is 284 g/mol. The maximum atomic E-state index is 11.9. The highest BCUT2D eigenvalue weighted by molar-refractivity contribution is 6.33. The summed E-state index contributed by atoms with van der Waals surface area (Å²) in [6, 6.07) is 3.68. The highest BCUT2D eigenvalue weighted by Crippen LogP contribution is 2.27. The van der Waals surface area contributed by atoms with E-state index in [1.165, 1.54) is 0 Å². The third kappa shape index (κ3) is 4.43. The lowest BCUT2D eigenvalue weighted by Gasteiger charge is -2.22. The van der Waals surface area contributed by atoms with E-state index in [1.54, 1.807) is 6.07 Å². The molecule has 0 radical (unpaired) electrons. The first-order valence-electron chi connectivity index (χ1n) is 6.38. The summed E-state index contributed by atoms with van der Waals surface area (Å²) >= 11 is 5.96. The van der Waals surface area contributed by atoms with Gasteiger partial charge in [-0.3, -0.25) is 4.79 Å². The van der Waals surface area contributed by atoms with Gasteiger partial charge >= 0.3 is 5.97 Å².